The number of ether oxygens (including phenoxy) is 1. The van der Waals surface area contributed by atoms with E-state index in [0.29, 0.717) is 37.4 Å². The Morgan fingerprint density at radius 3 is 2.57 bits per heavy atom. The van der Waals surface area contributed by atoms with E-state index in [1.165, 1.54) is 23.6 Å². The SMILES string of the molecule is COCCNC(=O)c1cncc(C(=O)N2CCN(c3cccc(C)c3)CC2)c1. The van der Waals surface area contributed by atoms with Crippen LogP contribution in [0.5, 0.6) is 0 Å². The number of piperazine rings is 1. The molecule has 2 heterocycles. The van der Waals surface area contributed by atoms with Crippen molar-refractivity contribution in [1.82, 2.24) is 15.2 Å². The molecule has 1 saturated heterocycles. The Hall–Kier alpha value is -2.93. The molecule has 2 amide bonds. The quantitative estimate of drug-likeness (QED) is 0.770. The Kier molecular flexibility index (Phi) is 6.60. The molecule has 7 nitrogen and oxygen atoms in total. The van der Waals surface area contributed by atoms with E-state index in [9.17, 15) is 9.59 Å². The summed E-state index contributed by atoms with van der Waals surface area (Å²) in [6.07, 6.45) is 2.98. The molecule has 1 aliphatic rings. The first-order valence-corrected chi connectivity index (χ1v) is 9.41. The average Bonchev–Trinajstić information content (AvgIpc) is 2.73. The molecule has 1 fully saturated rings. The second-order valence-corrected chi connectivity index (χ2v) is 6.83. The van der Waals surface area contributed by atoms with E-state index in [2.05, 4.69) is 46.4 Å². The van der Waals surface area contributed by atoms with Crippen LogP contribution in [0.15, 0.2) is 42.7 Å². The standard InChI is InChI=1S/C21H26N4O3/c1-16-4-3-5-19(12-16)24-7-9-25(10-8-24)21(27)18-13-17(14-22-15-18)20(26)23-6-11-28-2/h3-5,12-15H,6-11H2,1-2H3,(H,23,26). The lowest BCUT2D eigenvalue weighted by atomic mass is 10.1. The summed E-state index contributed by atoms with van der Waals surface area (Å²) in [5, 5.41) is 2.74. The number of benzene rings is 1. The molecule has 0 unspecified atom stereocenters. The Balaban J connectivity index is 1.60. The summed E-state index contributed by atoms with van der Waals surface area (Å²) in [4.78, 5) is 33.2. The van der Waals surface area contributed by atoms with Crippen LogP contribution >= 0.6 is 0 Å². The topological polar surface area (TPSA) is 74.8 Å². The highest BCUT2D eigenvalue weighted by atomic mass is 16.5. The molecule has 3 rings (SSSR count). The minimum absolute atomic E-state index is 0.0945. The number of aryl methyl sites for hydroxylation is 1. The first-order valence-electron chi connectivity index (χ1n) is 9.41. The van der Waals surface area contributed by atoms with Gasteiger partial charge in [0, 0.05) is 57.9 Å². The van der Waals surface area contributed by atoms with Gasteiger partial charge in [-0.05, 0) is 30.7 Å². The lowest BCUT2D eigenvalue weighted by molar-refractivity contribution is 0.0746. The zero-order valence-corrected chi connectivity index (χ0v) is 16.4. The lowest BCUT2D eigenvalue weighted by Gasteiger charge is -2.36. The van der Waals surface area contributed by atoms with Crippen molar-refractivity contribution in [3.63, 3.8) is 0 Å². The van der Waals surface area contributed by atoms with Gasteiger partial charge in [0.15, 0.2) is 0 Å². The summed E-state index contributed by atoms with van der Waals surface area (Å²) < 4.78 is 4.92. The maximum atomic E-state index is 12.8. The van der Waals surface area contributed by atoms with E-state index in [4.69, 9.17) is 4.74 Å². The third kappa shape index (κ3) is 4.86. The largest absolute Gasteiger partial charge is 0.383 e. The van der Waals surface area contributed by atoms with Gasteiger partial charge in [-0.15, -0.1) is 0 Å². The fourth-order valence-corrected chi connectivity index (χ4v) is 3.22. The number of carbonyl (C=O) groups is 2. The molecule has 2 aromatic rings. The van der Waals surface area contributed by atoms with Crippen LogP contribution in [-0.4, -0.2) is 68.1 Å². The monoisotopic (exact) mass is 382 g/mol. The molecule has 1 aromatic carbocycles. The van der Waals surface area contributed by atoms with E-state index in [0.717, 1.165) is 13.1 Å². The van der Waals surface area contributed by atoms with Crippen molar-refractivity contribution < 1.29 is 14.3 Å². The molecule has 0 atom stereocenters. The Morgan fingerprint density at radius 2 is 1.86 bits per heavy atom. The zero-order valence-electron chi connectivity index (χ0n) is 16.4. The number of methoxy groups -OCH3 is 1. The van der Waals surface area contributed by atoms with Crippen molar-refractivity contribution in [2.24, 2.45) is 0 Å². The Labute approximate surface area is 165 Å². The maximum Gasteiger partial charge on any atom is 0.255 e. The van der Waals surface area contributed by atoms with E-state index in [1.54, 1.807) is 13.2 Å². The molecule has 0 radical (unpaired) electrons. The van der Waals surface area contributed by atoms with Gasteiger partial charge in [0.2, 0.25) is 0 Å². The fraction of sp³-hybridized carbons (Fsp3) is 0.381. The van der Waals surface area contributed by atoms with Crippen LogP contribution in [-0.2, 0) is 4.74 Å². The van der Waals surface area contributed by atoms with Crippen LogP contribution in [0.2, 0.25) is 0 Å². The van der Waals surface area contributed by atoms with Crippen LogP contribution in [0.4, 0.5) is 5.69 Å². The van der Waals surface area contributed by atoms with Crippen molar-refractivity contribution in [1.29, 1.82) is 0 Å². The average molecular weight is 382 g/mol. The van der Waals surface area contributed by atoms with Gasteiger partial charge >= 0.3 is 0 Å². The summed E-state index contributed by atoms with van der Waals surface area (Å²) in [5.74, 6) is -0.355. The van der Waals surface area contributed by atoms with Crippen molar-refractivity contribution in [2.45, 2.75) is 6.92 Å². The number of pyridine rings is 1. The van der Waals surface area contributed by atoms with Crippen LogP contribution in [0.3, 0.4) is 0 Å². The summed E-state index contributed by atoms with van der Waals surface area (Å²) in [5.41, 5.74) is 3.22. The number of hydrogen-bond acceptors (Lipinski definition) is 5. The highest BCUT2D eigenvalue weighted by Gasteiger charge is 2.23. The first-order chi connectivity index (χ1) is 13.6. The van der Waals surface area contributed by atoms with Crippen molar-refractivity contribution in [3.8, 4) is 0 Å². The third-order valence-corrected chi connectivity index (χ3v) is 4.77. The number of amides is 2. The molecule has 0 bridgehead atoms. The zero-order chi connectivity index (χ0) is 19.9. The van der Waals surface area contributed by atoms with Crippen LogP contribution in [0, 0.1) is 6.92 Å². The highest BCUT2D eigenvalue weighted by molar-refractivity contribution is 5.99. The van der Waals surface area contributed by atoms with Gasteiger partial charge in [-0.25, -0.2) is 0 Å². The molecule has 1 aromatic heterocycles. The predicted octanol–water partition coefficient (Wildman–Crippen LogP) is 1.73. The van der Waals surface area contributed by atoms with Gasteiger partial charge in [0.25, 0.3) is 11.8 Å². The van der Waals surface area contributed by atoms with Gasteiger partial charge in [0.05, 0.1) is 17.7 Å². The number of aromatic nitrogens is 1. The van der Waals surface area contributed by atoms with Gasteiger partial charge in [-0.1, -0.05) is 12.1 Å². The van der Waals surface area contributed by atoms with Crippen molar-refractivity contribution >= 4 is 17.5 Å². The molecule has 0 saturated carbocycles. The van der Waals surface area contributed by atoms with E-state index in [1.807, 2.05) is 4.90 Å². The molecular formula is C21H26N4O3. The number of carbonyl (C=O) groups excluding carboxylic acids is 2. The lowest BCUT2D eigenvalue weighted by Crippen LogP contribution is -2.48. The molecule has 1 aliphatic heterocycles. The molecule has 148 valence electrons. The second kappa shape index (κ2) is 9.32. The molecule has 28 heavy (non-hydrogen) atoms. The van der Waals surface area contributed by atoms with Gasteiger partial charge in [-0.3, -0.25) is 14.6 Å². The number of nitrogens with zero attached hydrogens (tertiary/aromatic N) is 3. The number of hydrogen-bond donors (Lipinski definition) is 1. The summed E-state index contributed by atoms with van der Waals surface area (Å²) in [6.45, 7) is 5.75. The van der Waals surface area contributed by atoms with E-state index >= 15 is 0 Å². The number of rotatable bonds is 6. The predicted molar refractivity (Wildman–Crippen MR) is 108 cm³/mol. The van der Waals surface area contributed by atoms with E-state index < -0.39 is 0 Å². The molecule has 1 N–H and O–H groups in total. The minimum atomic E-state index is -0.261. The third-order valence-electron chi connectivity index (χ3n) is 4.77. The van der Waals surface area contributed by atoms with Gasteiger partial charge in [0.1, 0.15) is 0 Å². The number of nitrogens with one attached hydrogen (secondary N) is 1. The molecular weight excluding hydrogens is 356 g/mol. The Bertz CT molecular complexity index is 832. The molecule has 0 spiro atoms. The normalized spacial score (nSPS) is 14.1. The summed E-state index contributed by atoms with van der Waals surface area (Å²) >= 11 is 0. The van der Waals surface area contributed by atoms with Crippen LogP contribution in [0.1, 0.15) is 26.3 Å². The van der Waals surface area contributed by atoms with Crippen LogP contribution in [0.25, 0.3) is 0 Å². The summed E-state index contributed by atoms with van der Waals surface area (Å²) in [7, 11) is 1.58. The smallest absolute Gasteiger partial charge is 0.255 e. The van der Waals surface area contributed by atoms with E-state index in [-0.39, 0.29) is 11.8 Å². The molecule has 0 aliphatic carbocycles. The highest BCUT2D eigenvalue weighted by Crippen LogP contribution is 2.18. The second-order valence-electron chi connectivity index (χ2n) is 6.83. The van der Waals surface area contributed by atoms with Gasteiger partial charge < -0.3 is 19.9 Å². The number of anilines is 1. The minimum Gasteiger partial charge on any atom is -0.383 e. The van der Waals surface area contributed by atoms with Crippen LogP contribution < -0.4 is 10.2 Å². The Morgan fingerprint density at radius 1 is 1.11 bits per heavy atom. The maximum absolute atomic E-state index is 12.8. The first kappa shape index (κ1) is 19.8. The van der Waals surface area contributed by atoms with Gasteiger partial charge in [-0.2, -0.15) is 0 Å². The summed E-state index contributed by atoms with van der Waals surface area (Å²) in [6, 6.07) is 9.99. The van der Waals surface area contributed by atoms with Crippen molar-refractivity contribution in [3.05, 3.63) is 59.4 Å². The molecule has 7 heteroatoms. The van der Waals surface area contributed by atoms with Crippen molar-refractivity contribution in [2.75, 3.05) is 51.3 Å². The fourth-order valence-electron chi connectivity index (χ4n) is 3.22.